The summed E-state index contributed by atoms with van der Waals surface area (Å²) in [6.07, 6.45) is 3.98. The normalized spacial score (nSPS) is 12.4. The summed E-state index contributed by atoms with van der Waals surface area (Å²) < 4.78 is 19.4. The third kappa shape index (κ3) is 3.13. The van der Waals surface area contributed by atoms with Gasteiger partial charge in [-0.1, -0.05) is 23.7 Å². The summed E-state index contributed by atoms with van der Waals surface area (Å²) in [6, 6.07) is 11.8. The lowest BCUT2D eigenvalue weighted by atomic mass is 10.0. The van der Waals surface area contributed by atoms with Gasteiger partial charge in [0.05, 0.1) is 22.9 Å². The van der Waals surface area contributed by atoms with Crippen LogP contribution in [0.25, 0.3) is 11.1 Å². The molecule has 1 aliphatic heterocycles. The van der Waals surface area contributed by atoms with E-state index in [9.17, 15) is 9.18 Å². The highest BCUT2D eigenvalue weighted by Crippen LogP contribution is 2.31. The molecule has 2 heterocycles. The van der Waals surface area contributed by atoms with E-state index >= 15 is 0 Å². The summed E-state index contributed by atoms with van der Waals surface area (Å²) >= 11 is 5.96. The molecule has 1 aromatic heterocycles. The van der Waals surface area contributed by atoms with Crippen LogP contribution in [0.15, 0.2) is 54.9 Å². The van der Waals surface area contributed by atoms with Crippen LogP contribution in [0.3, 0.4) is 0 Å². The number of hydrogen-bond acceptors (Lipinski definition) is 3. The molecule has 4 rings (SSSR count). The average molecular weight is 369 g/mol. The van der Waals surface area contributed by atoms with Gasteiger partial charge < -0.3 is 10.1 Å². The molecule has 1 aliphatic rings. The summed E-state index contributed by atoms with van der Waals surface area (Å²) in [5.41, 5.74) is 3.15. The number of benzene rings is 2. The Bertz CT molecular complexity index is 987. The SMILES string of the molecule is O=C(Nc1c(F)cccc1Cl)c1cncc(-c2ccc3c(c2)CCO3)c1. The molecule has 0 spiro atoms. The molecule has 26 heavy (non-hydrogen) atoms. The van der Waals surface area contributed by atoms with Crippen LogP contribution in [0, 0.1) is 5.82 Å². The molecule has 0 aliphatic carbocycles. The van der Waals surface area contributed by atoms with Gasteiger partial charge in [0.25, 0.3) is 5.91 Å². The molecule has 0 saturated heterocycles. The minimum atomic E-state index is -0.589. The van der Waals surface area contributed by atoms with Crippen molar-refractivity contribution in [3.8, 4) is 16.9 Å². The first kappa shape index (κ1) is 16.5. The van der Waals surface area contributed by atoms with Crippen molar-refractivity contribution in [1.29, 1.82) is 0 Å². The molecule has 4 nitrogen and oxygen atoms in total. The van der Waals surface area contributed by atoms with Crippen LogP contribution in [-0.4, -0.2) is 17.5 Å². The van der Waals surface area contributed by atoms with Crippen molar-refractivity contribution < 1.29 is 13.9 Å². The van der Waals surface area contributed by atoms with Crippen LogP contribution in [-0.2, 0) is 6.42 Å². The summed E-state index contributed by atoms with van der Waals surface area (Å²) in [5.74, 6) is -0.172. The lowest BCUT2D eigenvalue weighted by Gasteiger charge is -2.09. The number of ether oxygens (including phenoxy) is 1. The monoisotopic (exact) mass is 368 g/mol. The second kappa shape index (κ2) is 6.77. The average Bonchev–Trinajstić information content (AvgIpc) is 3.12. The van der Waals surface area contributed by atoms with E-state index in [2.05, 4.69) is 10.3 Å². The zero-order valence-electron chi connectivity index (χ0n) is 13.6. The first-order chi connectivity index (χ1) is 12.6. The number of rotatable bonds is 3. The van der Waals surface area contributed by atoms with Gasteiger partial charge in [0.2, 0.25) is 0 Å². The van der Waals surface area contributed by atoms with Crippen molar-refractivity contribution in [2.45, 2.75) is 6.42 Å². The van der Waals surface area contributed by atoms with Gasteiger partial charge in [-0.15, -0.1) is 0 Å². The van der Waals surface area contributed by atoms with Crippen LogP contribution in [0.5, 0.6) is 5.75 Å². The van der Waals surface area contributed by atoms with Gasteiger partial charge in [-0.25, -0.2) is 4.39 Å². The fourth-order valence-electron chi connectivity index (χ4n) is 2.89. The van der Waals surface area contributed by atoms with Crippen molar-refractivity contribution in [3.05, 3.63) is 76.8 Å². The number of hydrogen-bond donors (Lipinski definition) is 1. The molecule has 0 unspecified atom stereocenters. The first-order valence-electron chi connectivity index (χ1n) is 8.08. The molecule has 0 fully saturated rings. The zero-order valence-corrected chi connectivity index (χ0v) is 14.4. The van der Waals surface area contributed by atoms with Gasteiger partial charge in [-0.3, -0.25) is 9.78 Å². The molecule has 1 N–H and O–H groups in total. The predicted molar refractivity (Wildman–Crippen MR) is 98.2 cm³/mol. The molecule has 6 heteroatoms. The number of anilines is 1. The van der Waals surface area contributed by atoms with E-state index in [1.54, 1.807) is 12.3 Å². The Balaban J connectivity index is 1.62. The smallest absolute Gasteiger partial charge is 0.257 e. The van der Waals surface area contributed by atoms with Gasteiger partial charge in [0.1, 0.15) is 11.6 Å². The third-order valence-electron chi connectivity index (χ3n) is 4.22. The second-order valence-corrected chi connectivity index (χ2v) is 6.34. The Morgan fingerprint density at radius 2 is 2.04 bits per heavy atom. The Morgan fingerprint density at radius 3 is 2.88 bits per heavy atom. The highest BCUT2D eigenvalue weighted by molar-refractivity contribution is 6.34. The second-order valence-electron chi connectivity index (χ2n) is 5.93. The number of nitrogens with zero attached hydrogens (tertiary/aromatic N) is 1. The molecule has 0 bridgehead atoms. The summed E-state index contributed by atoms with van der Waals surface area (Å²) in [4.78, 5) is 16.6. The van der Waals surface area contributed by atoms with Crippen LogP contribution in [0.2, 0.25) is 5.02 Å². The maximum Gasteiger partial charge on any atom is 0.257 e. The minimum Gasteiger partial charge on any atom is -0.493 e. The Labute approximate surface area is 154 Å². The van der Waals surface area contributed by atoms with E-state index in [0.717, 1.165) is 28.9 Å². The molecular formula is C20H14ClFN2O2. The molecule has 1 amide bonds. The van der Waals surface area contributed by atoms with E-state index in [1.807, 2.05) is 18.2 Å². The molecule has 3 aromatic rings. The van der Waals surface area contributed by atoms with E-state index in [4.69, 9.17) is 16.3 Å². The Kier molecular flexibility index (Phi) is 4.31. The van der Waals surface area contributed by atoms with Gasteiger partial charge in [0, 0.05) is 24.4 Å². The number of carbonyl (C=O) groups excluding carboxylic acids is 1. The van der Waals surface area contributed by atoms with Crippen LogP contribution >= 0.6 is 11.6 Å². The Hall–Kier alpha value is -2.92. The highest BCUT2D eigenvalue weighted by Gasteiger charge is 2.15. The third-order valence-corrected chi connectivity index (χ3v) is 4.54. The number of fused-ring (bicyclic) bond motifs is 1. The number of carbonyl (C=O) groups is 1. The molecule has 2 aromatic carbocycles. The zero-order chi connectivity index (χ0) is 18.1. The van der Waals surface area contributed by atoms with Crippen LogP contribution < -0.4 is 10.1 Å². The number of aromatic nitrogens is 1. The van der Waals surface area contributed by atoms with Crippen molar-refractivity contribution in [3.63, 3.8) is 0 Å². The fraction of sp³-hybridized carbons (Fsp3) is 0.100. The summed E-state index contributed by atoms with van der Waals surface area (Å²) in [6.45, 7) is 0.683. The number of amides is 1. The Morgan fingerprint density at radius 1 is 1.15 bits per heavy atom. The largest absolute Gasteiger partial charge is 0.493 e. The molecule has 0 atom stereocenters. The van der Waals surface area contributed by atoms with Gasteiger partial charge in [-0.2, -0.15) is 0 Å². The van der Waals surface area contributed by atoms with E-state index < -0.39 is 11.7 Å². The topological polar surface area (TPSA) is 51.2 Å². The summed E-state index contributed by atoms with van der Waals surface area (Å²) in [7, 11) is 0. The number of pyridine rings is 1. The van der Waals surface area contributed by atoms with Crippen molar-refractivity contribution in [1.82, 2.24) is 4.98 Å². The maximum atomic E-state index is 13.9. The minimum absolute atomic E-state index is 0.0424. The van der Waals surface area contributed by atoms with Gasteiger partial charge in [0.15, 0.2) is 0 Å². The van der Waals surface area contributed by atoms with Crippen molar-refractivity contribution in [2.75, 3.05) is 11.9 Å². The lowest BCUT2D eigenvalue weighted by Crippen LogP contribution is -2.13. The fourth-order valence-corrected chi connectivity index (χ4v) is 3.10. The maximum absolute atomic E-state index is 13.9. The van der Waals surface area contributed by atoms with Gasteiger partial charge >= 0.3 is 0 Å². The number of halogens is 2. The predicted octanol–water partition coefficient (Wildman–Crippen LogP) is 4.73. The molecular weight excluding hydrogens is 355 g/mol. The van der Waals surface area contributed by atoms with Crippen molar-refractivity contribution in [2.24, 2.45) is 0 Å². The lowest BCUT2D eigenvalue weighted by molar-refractivity contribution is 0.102. The summed E-state index contributed by atoms with van der Waals surface area (Å²) in [5, 5.41) is 2.65. The molecule has 0 saturated carbocycles. The van der Waals surface area contributed by atoms with Crippen LogP contribution in [0.1, 0.15) is 15.9 Å². The van der Waals surface area contributed by atoms with E-state index in [-0.39, 0.29) is 10.7 Å². The van der Waals surface area contributed by atoms with Crippen LogP contribution in [0.4, 0.5) is 10.1 Å². The van der Waals surface area contributed by atoms with E-state index in [1.165, 1.54) is 24.4 Å². The van der Waals surface area contributed by atoms with Gasteiger partial charge in [-0.05, 0) is 41.5 Å². The highest BCUT2D eigenvalue weighted by atomic mass is 35.5. The quantitative estimate of drug-likeness (QED) is 0.727. The standard InChI is InChI=1S/C20H14ClFN2O2/c21-16-2-1-3-17(22)19(16)24-20(25)15-9-14(10-23-11-15)12-4-5-18-13(8-12)6-7-26-18/h1-5,8-11H,6-7H2,(H,24,25). The molecule has 130 valence electrons. The number of para-hydroxylation sites is 1. The van der Waals surface area contributed by atoms with E-state index in [0.29, 0.717) is 12.2 Å². The van der Waals surface area contributed by atoms with Crippen molar-refractivity contribution >= 4 is 23.2 Å². The molecule has 0 radical (unpaired) electrons. The first-order valence-corrected chi connectivity index (χ1v) is 8.46. The number of nitrogens with one attached hydrogen (secondary N) is 1.